The zero-order valence-corrected chi connectivity index (χ0v) is 13.8. The van der Waals surface area contributed by atoms with E-state index in [4.69, 9.17) is 0 Å². The Morgan fingerprint density at radius 3 is 2.52 bits per heavy atom. The number of carbonyl (C=O) groups excluding carboxylic acids is 1. The van der Waals surface area contributed by atoms with Gasteiger partial charge in [-0.05, 0) is 25.1 Å². The molecule has 0 saturated carbocycles. The predicted molar refractivity (Wildman–Crippen MR) is 86.6 cm³/mol. The Balaban J connectivity index is 2.48. The van der Waals surface area contributed by atoms with E-state index in [1.54, 1.807) is 25.9 Å². The Morgan fingerprint density at radius 1 is 1.24 bits per heavy atom. The minimum atomic E-state index is -4.50. The molecule has 0 atom stereocenters. The largest absolute Gasteiger partial charge is 0.416 e. The molecule has 132 valence electrons. The Kier molecular flexibility index (Phi) is 5.10. The van der Waals surface area contributed by atoms with E-state index in [1.807, 2.05) is 0 Å². The Hall–Kier alpha value is -2.90. The number of allylic oxidation sites excluding steroid dienone is 2. The smallest absolute Gasteiger partial charge is 0.381 e. The fourth-order valence-corrected chi connectivity index (χ4v) is 1.93. The van der Waals surface area contributed by atoms with Crippen molar-refractivity contribution in [3.8, 4) is 5.69 Å². The summed E-state index contributed by atoms with van der Waals surface area (Å²) in [6.45, 7) is 1.69. The van der Waals surface area contributed by atoms with Crippen LogP contribution >= 0.6 is 0 Å². The third-order valence-electron chi connectivity index (χ3n) is 3.53. The van der Waals surface area contributed by atoms with Gasteiger partial charge in [0.2, 0.25) is 11.2 Å². The van der Waals surface area contributed by atoms with Gasteiger partial charge >= 0.3 is 6.18 Å². The molecule has 2 rings (SSSR count). The van der Waals surface area contributed by atoms with Crippen LogP contribution in [0, 0.1) is 0 Å². The van der Waals surface area contributed by atoms with Crippen LogP contribution in [-0.2, 0) is 6.18 Å². The quantitative estimate of drug-likeness (QED) is 0.628. The van der Waals surface area contributed by atoms with Gasteiger partial charge in [0.25, 0.3) is 0 Å². The molecule has 0 N–H and O–H groups in total. The fraction of sp³-hybridized carbons (Fsp3) is 0.235. The number of ketones is 1. The summed E-state index contributed by atoms with van der Waals surface area (Å²) in [6.07, 6.45) is -2.03. The molecule has 0 fully saturated rings. The van der Waals surface area contributed by atoms with Crippen LogP contribution in [-0.4, -0.2) is 34.6 Å². The van der Waals surface area contributed by atoms with Crippen LogP contribution in [0.25, 0.3) is 5.69 Å². The number of nitrogens with zero attached hydrogens (tertiary/aromatic N) is 3. The van der Waals surface area contributed by atoms with E-state index in [2.05, 4.69) is 5.10 Å². The molecule has 25 heavy (non-hydrogen) atoms. The Labute approximate surface area is 142 Å². The van der Waals surface area contributed by atoms with E-state index in [1.165, 1.54) is 24.4 Å². The second kappa shape index (κ2) is 6.92. The number of halogens is 3. The molecule has 0 aliphatic carbocycles. The molecule has 0 aliphatic heterocycles. The van der Waals surface area contributed by atoms with E-state index in [0.717, 1.165) is 22.9 Å². The van der Waals surface area contributed by atoms with E-state index in [0.29, 0.717) is 5.70 Å². The number of alkyl halides is 3. The minimum Gasteiger partial charge on any atom is -0.381 e. The van der Waals surface area contributed by atoms with Gasteiger partial charge in [0.1, 0.15) is 0 Å². The third-order valence-corrected chi connectivity index (χ3v) is 3.53. The molecular weight excluding hydrogens is 335 g/mol. The second-order valence-electron chi connectivity index (χ2n) is 5.57. The van der Waals surface area contributed by atoms with Gasteiger partial charge in [0.15, 0.2) is 5.69 Å². The highest BCUT2D eigenvalue weighted by atomic mass is 19.4. The SMILES string of the molecule is C/C(=C/C(=O)c1nn(-c2cccc(C(F)(F)F)c2)ccc1=O)N(C)C. The van der Waals surface area contributed by atoms with Crippen LogP contribution in [0.2, 0.25) is 0 Å². The first kappa shape index (κ1) is 18.4. The second-order valence-corrected chi connectivity index (χ2v) is 5.57. The van der Waals surface area contributed by atoms with Crippen molar-refractivity contribution in [1.29, 1.82) is 0 Å². The topological polar surface area (TPSA) is 55.2 Å². The Bertz CT molecular complexity index is 883. The number of benzene rings is 1. The van der Waals surface area contributed by atoms with Crippen LogP contribution in [0.5, 0.6) is 0 Å². The number of aromatic nitrogens is 2. The van der Waals surface area contributed by atoms with E-state index < -0.39 is 23.0 Å². The van der Waals surface area contributed by atoms with E-state index in [-0.39, 0.29) is 11.4 Å². The zero-order valence-electron chi connectivity index (χ0n) is 13.8. The predicted octanol–water partition coefficient (Wildman–Crippen LogP) is 2.90. The minimum absolute atomic E-state index is 0.0946. The Morgan fingerprint density at radius 2 is 1.92 bits per heavy atom. The van der Waals surface area contributed by atoms with Crippen molar-refractivity contribution < 1.29 is 18.0 Å². The van der Waals surface area contributed by atoms with Gasteiger partial charge in [-0.2, -0.15) is 18.3 Å². The van der Waals surface area contributed by atoms with Crippen LogP contribution < -0.4 is 5.43 Å². The summed E-state index contributed by atoms with van der Waals surface area (Å²) < 4.78 is 39.6. The third kappa shape index (κ3) is 4.34. The maximum atomic E-state index is 12.8. The molecule has 0 radical (unpaired) electrons. The number of rotatable bonds is 4. The summed E-state index contributed by atoms with van der Waals surface area (Å²) in [5.41, 5.74) is -1.10. The molecule has 1 aromatic heterocycles. The highest BCUT2D eigenvalue weighted by Crippen LogP contribution is 2.30. The lowest BCUT2D eigenvalue weighted by Gasteiger charge is -2.12. The molecule has 2 aromatic rings. The number of hydrogen-bond donors (Lipinski definition) is 0. The molecule has 0 aliphatic rings. The normalized spacial score (nSPS) is 12.2. The molecular formula is C17H16F3N3O2. The van der Waals surface area contributed by atoms with Gasteiger partial charge in [0, 0.05) is 38.1 Å². The lowest BCUT2D eigenvalue weighted by Crippen LogP contribution is -2.21. The first-order valence-electron chi connectivity index (χ1n) is 7.27. The average Bonchev–Trinajstić information content (AvgIpc) is 2.54. The molecule has 0 bridgehead atoms. The lowest BCUT2D eigenvalue weighted by molar-refractivity contribution is -0.137. The molecule has 0 unspecified atom stereocenters. The van der Waals surface area contributed by atoms with Crippen molar-refractivity contribution in [3.63, 3.8) is 0 Å². The summed E-state index contributed by atoms with van der Waals surface area (Å²) in [7, 11) is 3.47. The van der Waals surface area contributed by atoms with Gasteiger partial charge in [-0.3, -0.25) is 9.59 Å². The first-order valence-corrected chi connectivity index (χ1v) is 7.27. The van der Waals surface area contributed by atoms with Crippen molar-refractivity contribution in [2.75, 3.05) is 14.1 Å². The van der Waals surface area contributed by atoms with Gasteiger partial charge < -0.3 is 4.90 Å². The standard InChI is InChI=1S/C17H16F3N3O2/c1-11(22(2)3)9-15(25)16-14(24)7-8-23(21-16)13-6-4-5-12(10-13)17(18,19)20/h4-10H,1-3H3/b11-9-. The van der Waals surface area contributed by atoms with Crippen molar-refractivity contribution in [1.82, 2.24) is 14.7 Å². The monoisotopic (exact) mass is 351 g/mol. The maximum absolute atomic E-state index is 12.8. The zero-order chi connectivity index (χ0) is 18.8. The van der Waals surface area contributed by atoms with Gasteiger partial charge in [-0.15, -0.1) is 0 Å². The summed E-state index contributed by atoms with van der Waals surface area (Å²) in [5, 5.41) is 3.90. The maximum Gasteiger partial charge on any atom is 0.416 e. The number of carbonyl (C=O) groups is 1. The molecule has 8 heteroatoms. The van der Waals surface area contributed by atoms with Crippen LogP contribution in [0.3, 0.4) is 0 Å². The highest BCUT2D eigenvalue weighted by Gasteiger charge is 2.30. The average molecular weight is 351 g/mol. The van der Waals surface area contributed by atoms with Gasteiger partial charge in [0.05, 0.1) is 11.3 Å². The lowest BCUT2D eigenvalue weighted by atomic mass is 10.2. The summed E-state index contributed by atoms with van der Waals surface area (Å²) in [5.74, 6) is -0.613. The summed E-state index contributed by atoms with van der Waals surface area (Å²) >= 11 is 0. The summed E-state index contributed by atoms with van der Waals surface area (Å²) in [6, 6.07) is 5.56. The first-order chi connectivity index (χ1) is 11.6. The van der Waals surface area contributed by atoms with Crippen molar-refractivity contribution >= 4 is 5.78 Å². The van der Waals surface area contributed by atoms with E-state index >= 15 is 0 Å². The van der Waals surface area contributed by atoms with Crippen LogP contribution in [0.15, 0.2) is 53.1 Å². The van der Waals surface area contributed by atoms with Crippen molar-refractivity contribution in [2.24, 2.45) is 0 Å². The van der Waals surface area contributed by atoms with Crippen molar-refractivity contribution in [2.45, 2.75) is 13.1 Å². The molecule has 1 heterocycles. The van der Waals surface area contributed by atoms with Gasteiger partial charge in [-0.25, -0.2) is 4.68 Å². The van der Waals surface area contributed by atoms with Crippen LogP contribution in [0.4, 0.5) is 13.2 Å². The highest BCUT2D eigenvalue weighted by molar-refractivity contribution is 6.03. The van der Waals surface area contributed by atoms with Crippen molar-refractivity contribution in [3.05, 3.63) is 69.8 Å². The fourth-order valence-electron chi connectivity index (χ4n) is 1.93. The summed E-state index contributed by atoms with van der Waals surface area (Å²) in [4.78, 5) is 25.8. The molecule has 0 amide bonds. The number of hydrogen-bond acceptors (Lipinski definition) is 4. The molecule has 5 nitrogen and oxygen atoms in total. The molecule has 0 spiro atoms. The van der Waals surface area contributed by atoms with E-state index in [9.17, 15) is 22.8 Å². The van der Waals surface area contributed by atoms with Crippen LogP contribution in [0.1, 0.15) is 23.0 Å². The molecule has 0 saturated heterocycles. The van der Waals surface area contributed by atoms with Gasteiger partial charge in [-0.1, -0.05) is 6.07 Å². The molecule has 1 aromatic carbocycles.